The Balaban J connectivity index is 2.99. The molecule has 0 bridgehead atoms. The topological polar surface area (TPSA) is 82.6 Å². The fourth-order valence-electron chi connectivity index (χ4n) is 2.35. The first-order valence-corrected chi connectivity index (χ1v) is 9.38. The van der Waals surface area contributed by atoms with E-state index in [1.807, 2.05) is 0 Å². The molecular formula is C15H12Cl2F3NO5S. The number of alkyl halides is 3. The molecule has 1 heterocycles. The van der Waals surface area contributed by atoms with Crippen LogP contribution in [0, 0.1) is 0 Å². The van der Waals surface area contributed by atoms with Crippen LogP contribution in [0.1, 0.15) is 35.8 Å². The molecule has 0 saturated carbocycles. The quantitative estimate of drug-likeness (QED) is 0.386. The van der Waals surface area contributed by atoms with Crippen LogP contribution in [-0.4, -0.2) is 32.0 Å². The number of methoxy groups -OCH3 is 1. The summed E-state index contributed by atoms with van der Waals surface area (Å²) in [6.07, 6.45) is 0. The van der Waals surface area contributed by atoms with Crippen molar-refractivity contribution in [2.24, 2.45) is 0 Å². The second kappa shape index (κ2) is 7.33. The molecule has 0 amide bonds. The number of benzene rings is 1. The summed E-state index contributed by atoms with van der Waals surface area (Å²) in [4.78, 5) is 15.9. The number of pyridine rings is 1. The number of ether oxygens (including phenoxy) is 1. The second-order valence-electron chi connectivity index (χ2n) is 5.62. The first-order valence-electron chi connectivity index (χ1n) is 7.21. The van der Waals surface area contributed by atoms with E-state index in [-0.39, 0.29) is 26.5 Å². The highest BCUT2D eigenvalue weighted by Gasteiger charge is 2.49. The van der Waals surface area contributed by atoms with Gasteiger partial charge in [-0.05, 0) is 18.1 Å². The van der Waals surface area contributed by atoms with Crippen LogP contribution in [-0.2, 0) is 14.9 Å². The minimum Gasteiger partial charge on any atom is -0.464 e. The summed E-state index contributed by atoms with van der Waals surface area (Å²) in [5.74, 6) is -2.68. The zero-order valence-corrected chi connectivity index (χ0v) is 16.3. The van der Waals surface area contributed by atoms with Crippen molar-refractivity contribution < 1.29 is 35.3 Å². The van der Waals surface area contributed by atoms with E-state index in [9.17, 15) is 26.4 Å². The van der Waals surface area contributed by atoms with E-state index in [0.29, 0.717) is 0 Å². The molecule has 1 aromatic heterocycles. The highest BCUT2D eigenvalue weighted by atomic mass is 35.5. The van der Waals surface area contributed by atoms with Crippen molar-refractivity contribution in [3.63, 3.8) is 0 Å². The minimum absolute atomic E-state index is 0.00906. The summed E-state index contributed by atoms with van der Waals surface area (Å²) in [7, 11) is -5.12. The number of carbonyl (C=O) groups excluding carboxylic acids is 1. The van der Waals surface area contributed by atoms with Crippen molar-refractivity contribution in [3.05, 3.63) is 33.4 Å². The van der Waals surface area contributed by atoms with Crippen molar-refractivity contribution in [1.82, 2.24) is 4.98 Å². The van der Waals surface area contributed by atoms with Gasteiger partial charge in [0, 0.05) is 16.0 Å². The number of fused-ring (bicyclic) bond motifs is 1. The Morgan fingerprint density at radius 3 is 2.30 bits per heavy atom. The Kier molecular flexibility index (Phi) is 5.84. The van der Waals surface area contributed by atoms with Crippen LogP contribution < -0.4 is 4.18 Å². The van der Waals surface area contributed by atoms with Gasteiger partial charge in [-0.3, -0.25) is 0 Å². The van der Waals surface area contributed by atoms with E-state index >= 15 is 0 Å². The van der Waals surface area contributed by atoms with Crippen molar-refractivity contribution in [3.8, 4) is 5.75 Å². The Labute approximate surface area is 162 Å². The summed E-state index contributed by atoms with van der Waals surface area (Å²) in [5, 5.41) is 0.281. The number of nitrogens with zero attached hydrogens (tertiary/aromatic N) is 1. The predicted molar refractivity (Wildman–Crippen MR) is 92.8 cm³/mol. The van der Waals surface area contributed by atoms with Crippen LogP contribution in [0.25, 0.3) is 10.9 Å². The number of hydrogen-bond acceptors (Lipinski definition) is 6. The first-order chi connectivity index (χ1) is 12.3. The molecule has 0 spiro atoms. The zero-order chi connectivity index (χ0) is 20.7. The van der Waals surface area contributed by atoms with Crippen LogP contribution in [0.3, 0.4) is 0 Å². The van der Waals surface area contributed by atoms with Crippen LogP contribution >= 0.6 is 23.2 Å². The number of aromatic nitrogens is 1. The third-order valence-electron chi connectivity index (χ3n) is 3.43. The lowest BCUT2D eigenvalue weighted by molar-refractivity contribution is -0.0500. The van der Waals surface area contributed by atoms with Crippen molar-refractivity contribution in [1.29, 1.82) is 0 Å². The summed E-state index contributed by atoms with van der Waals surface area (Å²) in [5.41, 5.74) is -6.49. The Hall–Kier alpha value is -1.78. The highest BCUT2D eigenvalue weighted by Crippen LogP contribution is 2.41. The largest absolute Gasteiger partial charge is 0.534 e. The van der Waals surface area contributed by atoms with Crippen LogP contribution in [0.5, 0.6) is 5.75 Å². The summed E-state index contributed by atoms with van der Waals surface area (Å²) in [6, 6.07) is 2.65. The Morgan fingerprint density at radius 1 is 1.22 bits per heavy atom. The van der Waals surface area contributed by atoms with Gasteiger partial charge in [-0.25, -0.2) is 9.78 Å². The van der Waals surface area contributed by atoms with E-state index in [2.05, 4.69) is 13.9 Å². The van der Waals surface area contributed by atoms with Gasteiger partial charge in [0.1, 0.15) is 0 Å². The third kappa shape index (κ3) is 4.07. The maximum Gasteiger partial charge on any atom is 0.534 e. The molecule has 12 heteroatoms. The van der Waals surface area contributed by atoms with Crippen molar-refractivity contribution in [2.75, 3.05) is 7.11 Å². The molecule has 0 saturated heterocycles. The van der Waals surface area contributed by atoms with Gasteiger partial charge in [0.25, 0.3) is 0 Å². The number of esters is 1. The van der Waals surface area contributed by atoms with Gasteiger partial charge in [-0.1, -0.05) is 37.0 Å². The molecule has 27 heavy (non-hydrogen) atoms. The van der Waals surface area contributed by atoms with Crippen LogP contribution in [0.15, 0.2) is 12.1 Å². The van der Waals surface area contributed by atoms with Gasteiger partial charge in [0.15, 0.2) is 11.4 Å². The molecule has 0 fully saturated rings. The highest BCUT2D eigenvalue weighted by molar-refractivity contribution is 7.88. The zero-order valence-electron chi connectivity index (χ0n) is 14.0. The lowest BCUT2D eigenvalue weighted by atomic mass is 9.96. The maximum absolute atomic E-state index is 12.8. The van der Waals surface area contributed by atoms with Gasteiger partial charge >= 0.3 is 21.6 Å². The van der Waals surface area contributed by atoms with E-state index in [4.69, 9.17) is 23.2 Å². The molecule has 2 aromatic rings. The Morgan fingerprint density at radius 2 is 1.81 bits per heavy atom. The van der Waals surface area contributed by atoms with E-state index in [0.717, 1.165) is 7.11 Å². The minimum atomic E-state index is -6.07. The molecular weight excluding hydrogens is 434 g/mol. The van der Waals surface area contributed by atoms with Gasteiger partial charge in [0.2, 0.25) is 0 Å². The number of halogens is 5. The van der Waals surface area contributed by atoms with Gasteiger partial charge in [-0.15, -0.1) is 0 Å². The first kappa shape index (κ1) is 21.5. The van der Waals surface area contributed by atoms with Crippen molar-refractivity contribution >= 4 is 50.2 Å². The SMILES string of the molecule is COC(=O)c1nc2c(Cl)cc(Cl)cc2c(C(C)C)c1OS(=O)(=O)C(F)(F)F. The van der Waals surface area contributed by atoms with Gasteiger partial charge in [0.05, 0.1) is 17.6 Å². The lowest BCUT2D eigenvalue weighted by Crippen LogP contribution is -2.29. The number of rotatable bonds is 4. The molecule has 0 unspecified atom stereocenters. The fourth-order valence-corrected chi connectivity index (χ4v) is 3.37. The molecule has 0 aliphatic carbocycles. The molecule has 6 nitrogen and oxygen atoms in total. The molecule has 0 aliphatic rings. The normalized spacial score (nSPS) is 12.5. The summed E-state index contributed by atoms with van der Waals surface area (Å²) in [6.45, 7) is 3.11. The summed E-state index contributed by atoms with van der Waals surface area (Å²) >= 11 is 12.0. The van der Waals surface area contributed by atoms with Gasteiger partial charge < -0.3 is 8.92 Å². The smallest absolute Gasteiger partial charge is 0.464 e. The number of hydrogen-bond donors (Lipinski definition) is 0. The van der Waals surface area contributed by atoms with Crippen molar-refractivity contribution in [2.45, 2.75) is 25.3 Å². The van der Waals surface area contributed by atoms with Crippen LogP contribution in [0.4, 0.5) is 13.2 Å². The third-order valence-corrected chi connectivity index (χ3v) is 4.89. The van der Waals surface area contributed by atoms with E-state index in [1.165, 1.54) is 12.1 Å². The molecule has 0 radical (unpaired) electrons. The molecule has 148 valence electrons. The second-order valence-corrected chi connectivity index (χ2v) is 8.00. The average Bonchev–Trinajstić information content (AvgIpc) is 2.51. The van der Waals surface area contributed by atoms with Gasteiger partial charge in [-0.2, -0.15) is 21.6 Å². The molecule has 1 aromatic carbocycles. The van der Waals surface area contributed by atoms with Crippen LogP contribution in [0.2, 0.25) is 10.0 Å². The van der Waals surface area contributed by atoms with E-state index < -0.39 is 39.0 Å². The molecule has 0 aliphatic heterocycles. The number of carbonyl (C=O) groups is 1. The molecule has 2 rings (SSSR count). The van der Waals surface area contributed by atoms with E-state index in [1.54, 1.807) is 13.8 Å². The fraction of sp³-hybridized carbons (Fsp3) is 0.333. The average molecular weight is 446 g/mol. The molecule has 0 N–H and O–H groups in total. The monoisotopic (exact) mass is 445 g/mol. The Bertz CT molecular complexity index is 1020. The standard InChI is InChI=1S/C15H12Cl2F3NO5S/c1-6(2)10-8-4-7(16)5-9(17)11(8)21-12(14(22)25-3)13(10)26-27(23,24)15(18,19)20/h4-6H,1-3H3. The molecule has 0 atom stereocenters. The predicted octanol–water partition coefficient (Wildman–Crippen LogP) is 4.68. The summed E-state index contributed by atoms with van der Waals surface area (Å²) < 4.78 is 70.3. The lowest BCUT2D eigenvalue weighted by Gasteiger charge is -2.19. The maximum atomic E-state index is 12.8.